The van der Waals surface area contributed by atoms with Gasteiger partial charge >= 0.3 is 5.97 Å². The number of halogens is 1. The summed E-state index contributed by atoms with van der Waals surface area (Å²) in [5, 5.41) is 9.52. The Balaban J connectivity index is 1.62. The molecule has 2 bridgehead atoms. The number of hydrogen-bond acceptors (Lipinski definition) is 4. The molecule has 2 saturated heterocycles. The first-order chi connectivity index (χ1) is 13.3. The molecule has 1 aromatic heterocycles. The number of aromatic carboxylic acids is 1. The van der Waals surface area contributed by atoms with Crippen LogP contribution < -0.4 is 10.3 Å². The van der Waals surface area contributed by atoms with Crippen molar-refractivity contribution in [2.75, 3.05) is 18.0 Å². The Morgan fingerprint density at radius 1 is 1.18 bits per heavy atom. The van der Waals surface area contributed by atoms with Crippen LogP contribution in [0, 0.1) is 5.82 Å². The Bertz CT molecular complexity index is 1040. The predicted molar refractivity (Wildman–Crippen MR) is 105 cm³/mol. The second kappa shape index (κ2) is 6.04. The summed E-state index contributed by atoms with van der Waals surface area (Å²) in [6, 6.07) is 4.37. The Morgan fingerprint density at radius 2 is 1.93 bits per heavy atom. The van der Waals surface area contributed by atoms with E-state index in [1.165, 1.54) is 12.3 Å². The summed E-state index contributed by atoms with van der Waals surface area (Å²) in [7, 11) is 0. The van der Waals surface area contributed by atoms with Gasteiger partial charge in [0.05, 0.1) is 11.2 Å². The summed E-state index contributed by atoms with van der Waals surface area (Å²) in [6.45, 7) is 6.09. The van der Waals surface area contributed by atoms with E-state index < -0.39 is 17.2 Å². The normalized spacial score (nSPS) is 24.6. The van der Waals surface area contributed by atoms with Crippen molar-refractivity contribution in [2.24, 2.45) is 0 Å². The fourth-order valence-corrected chi connectivity index (χ4v) is 5.01. The number of carboxylic acids is 1. The smallest absolute Gasteiger partial charge is 0.341 e. The minimum Gasteiger partial charge on any atom is -0.477 e. The van der Waals surface area contributed by atoms with Gasteiger partial charge in [0, 0.05) is 48.8 Å². The number of pyridine rings is 1. The molecule has 1 N–H and O–H groups in total. The quantitative estimate of drug-likeness (QED) is 0.877. The van der Waals surface area contributed by atoms with E-state index in [2.05, 4.69) is 23.6 Å². The van der Waals surface area contributed by atoms with Crippen molar-refractivity contribution in [3.05, 3.63) is 39.9 Å². The third-order valence-corrected chi connectivity index (χ3v) is 6.53. The highest BCUT2D eigenvalue weighted by Crippen LogP contribution is 2.40. The summed E-state index contributed by atoms with van der Waals surface area (Å²) < 4.78 is 16.9. The molecule has 1 aliphatic carbocycles. The van der Waals surface area contributed by atoms with Gasteiger partial charge in [-0.1, -0.05) is 0 Å². The van der Waals surface area contributed by atoms with Gasteiger partial charge in [-0.3, -0.25) is 9.69 Å². The van der Waals surface area contributed by atoms with Crippen molar-refractivity contribution >= 4 is 22.6 Å². The molecule has 2 aliphatic heterocycles. The van der Waals surface area contributed by atoms with E-state index in [0.717, 1.165) is 32.4 Å². The number of fused-ring (bicyclic) bond motifs is 3. The van der Waals surface area contributed by atoms with Gasteiger partial charge in [0.15, 0.2) is 0 Å². The SMILES string of the molecule is CC(C)N1CC2CC1CN2c1cc2c(cc1F)c(=O)c(C(=O)O)cn2C1CC1. The highest BCUT2D eigenvalue weighted by molar-refractivity contribution is 5.93. The number of anilines is 1. The molecule has 0 radical (unpaired) electrons. The standard InChI is InChI=1S/C21H24FN3O3/c1-11(2)23-8-14-5-13(23)9-24(14)19-7-18-15(6-17(19)22)20(26)16(21(27)28)10-25(18)12-3-4-12/h6-7,10-14H,3-5,8-9H2,1-2H3,(H,27,28). The molecule has 28 heavy (non-hydrogen) atoms. The lowest BCUT2D eigenvalue weighted by Crippen LogP contribution is -2.49. The van der Waals surface area contributed by atoms with Crippen molar-refractivity contribution in [3.8, 4) is 0 Å². The summed E-state index contributed by atoms with van der Waals surface area (Å²) in [5.41, 5.74) is 0.260. The summed E-state index contributed by atoms with van der Waals surface area (Å²) in [4.78, 5) is 28.7. The fourth-order valence-electron chi connectivity index (χ4n) is 5.01. The maximum Gasteiger partial charge on any atom is 0.341 e. The zero-order valence-corrected chi connectivity index (χ0v) is 16.1. The van der Waals surface area contributed by atoms with Crippen molar-refractivity contribution in [1.29, 1.82) is 0 Å². The summed E-state index contributed by atoms with van der Waals surface area (Å²) >= 11 is 0. The molecule has 3 fully saturated rings. The molecule has 2 unspecified atom stereocenters. The van der Waals surface area contributed by atoms with E-state index in [1.807, 2.05) is 4.57 Å². The first kappa shape index (κ1) is 17.7. The van der Waals surface area contributed by atoms with Gasteiger partial charge in [-0.05, 0) is 45.2 Å². The molecule has 2 aromatic rings. The van der Waals surface area contributed by atoms with Gasteiger partial charge in [-0.25, -0.2) is 9.18 Å². The highest BCUT2D eigenvalue weighted by atomic mass is 19.1. The number of rotatable bonds is 4. The Labute approximate surface area is 162 Å². The molecule has 7 heteroatoms. The molecule has 0 amide bonds. The van der Waals surface area contributed by atoms with Crippen LogP contribution in [0.4, 0.5) is 10.1 Å². The Hall–Kier alpha value is -2.41. The maximum absolute atomic E-state index is 15.1. The molecule has 1 aromatic carbocycles. The van der Waals surface area contributed by atoms with Gasteiger partial charge in [0.2, 0.25) is 5.43 Å². The average Bonchev–Trinajstić information content (AvgIpc) is 3.28. The fraction of sp³-hybridized carbons (Fsp3) is 0.524. The monoisotopic (exact) mass is 385 g/mol. The number of carbonyl (C=O) groups is 1. The van der Waals surface area contributed by atoms with Crippen LogP contribution in [0.15, 0.2) is 23.1 Å². The molecular formula is C21H24FN3O3. The first-order valence-corrected chi connectivity index (χ1v) is 9.99. The van der Waals surface area contributed by atoms with Crippen LogP contribution in [0.1, 0.15) is 49.5 Å². The lowest BCUT2D eigenvalue weighted by Gasteiger charge is -2.37. The number of nitrogens with zero attached hydrogens (tertiary/aromatic N) is 3. The number of benzene rings is 1. The van der Waals surface area contributed by atoms with Crippen molar-refractivity contribution in [2.45, 2.75) is 57.3 Å². The zero-order valence-electron chi connectivity index (χ0n) is 16.1. The molecule has 148 valence electrons. The maximum atomic E-state index is 15.1. The highest BCUT2D eigenvalue weighted by Gasteiger charge is 2.44. The largest absolute Gasteiger partial charge is 0.477 e. The topological polar surface area (TPSA) is 65.8 Å². The zero-order chi connectivity index (χ0) is 19.7. The second-order valence-corrected chi connectivity index (χ2v) is 8.62. The van der Waals surface area contributed by atoms with Crippen LogP contribution in [-0.2, 0) is 0 Å². The van der Waals surface area contributed by atoms with Crippen LogP contribution in [0.3, 0.4) is 0 Å². The molecular weight excluding hydrogens is 361 g/mol. The van der Waals surface area contributed by atoms with E-state index in [9.17, 15) is 14.7 Å². The molecule has 3 heterocycles. The summed E-state index contributed by atoms with van der Waals surface area (Å²) in [6.07, 6.45) is 4.36. The van der Waals surface area contributed by atoms with Crippen LogP contribution >= 0.6 is 0 Å². The van der Waals surface area contributed by atoms with E-state index in [-0.39, 0.29) is 23.0 Å². The lowest BCUT2D eigenvalue weighted by molar-refractivity contribution is 0.0695. The van der Waals surface area contributed by atoms with E-state index in [0.29, 0.717) is 23.3 Å². The number of likely N-dealkylation sites (tertiary alicyclic amines) is 1. The predicted octanol–water partition coefficient (Wildman–Crippen LogP) is 2.85. The third kappa shape index (κ3) is 2.56. The van der Waals surface area contributed by atoms with E-state index in [1.54, 1.807) is 6.07 Å². The molecule has 3 aliphatic rings. The minimum atomic E-state index is -1.27. The van der Waals surface area contributed by atoms with Gasteiger partial charge in [-0.2, -0.15) is 0 Å². The number of carboxylic acid groups (broad SMARTS) is 1. The minimum absolute atomic E-state index is 0.154. The molecule has 6 nitrogen and oxygen atoms in total. The Kier molecular flexibility index (Phi) is 3.81. The van der Waals surface area contributed by atoms with Gasteiger partial charge < -0.3 is 14.6 Å². The lowest BCUT2D eigenvalue weighted by atomic mass is 10.1. The van der Waals surface area contributed by atoms with Gasteiger partial charge in [-0.15, -0.1) is 0 Å². The number of aromatic nitrogens is 1. The van der Waals surface area contributed by atoms with Gasteiger partial charge in [0.25, 0.3) is 0 Å². The molecule has 5 rings (SSSR count). The van der Waals surface area contributed by atoms with Crippen LogP contribution in [-0.4, -0.2) is 51.8 Å². The van der Waals surface area contributed by atoms with E-state index >= 15 is 4.39 Å². The van der Waals surface area contributed by atoms with Crippen molar-refractivity contribution < 1.29 is 14.3 Å². The van der Waals surface area contributed by atoms with Crippen LogP contribution in [0.25, 0.3) is 10.9 Å². The summed E-state index contributed by atoms with van der Waals surface area (Å²) in [5.74, 6) is -1.71. The van der Waals surface area contributed by atoms with Crippen LogP contribution in [0.2, 0.25) is 0 Å². The number of hydrogen-bond donors (Lipinski definition) is 1. The molecule has 1 saturated carbocycles. The number of piperazine rings is 1. The van der Waals surface area contributed by atoms with Crippen LogP contribution in [0.5, 0.6) is 0 Å². The van der Waals surface area contributed by atoms with Crippen molar-refractivity contribution in [3.63, 3.8) is 0 Å². The van der Waals surface area contributed by atoms with Gasteiger partial charge in [0.1, 0.15) is 11.4 Å². The molecule has 2 atom stereocenters. The molecule has 0 spiro atoms. The van der Waals surface area contributed by atoms with E-state index in [4.69, 9.17) is 0 Å². The average molecular weight is 385 g/mol. The second-order valence-electron chi connectivity index (χ2n) is 8.62. The first-order valence-electron chi connectivity index (χ1n) is 9.99. The van der Waals surface area contributed by atoms with Crippen molar-refractivity contribution in [1.82, 2.24) is 9.47 Å². The third-order valence-electron chi connectivity index (χ3n) is 6.53. The Morgan fingerprint density at radius 3 is 2.50 bits per heavy atom.